The number of ether oxygens (including phenoxy) is 1. The zero-order chi connectivity index (χ0) is 19.9. The topological polar surface area (TPSA) is 67.4 Å². The zero-order valence-corrected chi connectivity index (χ0v) is 16.6. The Kier molecular flexibility index (Phi) is 6.45. The van der Waals surface area contributed by atoms with E-state index >= 15 is 0 Å². The number of amides is 2. The van der Waals surface area contributed by atoms with Crippen LogP contribution in [0.5, 0.6) is 5.75 Å². The molecule has 0 atom stereocenters. The quantitative estimate of drug-likeness (QED) is 0.614. The van der Waals surface area contributed by atoms with E-state index in [1.807, 2.05) is 55.6 Å². The number of carbonyl (C=O) groups is 2. The third-order valence-corrected chi connectivity index (χ3v) is 4.97. The Bertz CT molecular complexity index is 950. The van der Waals surface area contributed by atoms with Crippen LogP contribution in [-0.2, 0) is 6.54 Å². The number of carbonyl (C=O) groups excluding carboxylic acids is 2. The fraction of sp³-hybridized carbons (Fsp3) is 0.182. The van der Waals surface area contributed by atoms with Crippen LogP contribution in [0.25, 0.3) is 0 Å². The predicted molar refractivity (Wildman–Crippen MR) is 112 cm³/mol. The van der Waals surface area contributed by atoms with E-state index < -0.39 is 0 Å². The van der Waals surface area contributed by atoms with Gasteiger partial charge in [0.05, 0.1) is 17.2 Å². The van der Waals surface area contributed by atoms with Crippen LogP contribution in [0, 0.1) is 6.92 Å². The van der Waals surface area contributed by atoms with Crippen LogP contribution in [0.4, 0.5) is 5.69 Å². The Morgan fingerprint density at radius 2 is 1.82 bits per heavy atom. The van der Waals surface area contributed by atoms with Crippen molar-refractivity contribution in [1.29, 1.82) is 0 Å². The van der Waals surface area contributed by atoms with Gasteiger partial charge in [-0.05, 0) is 60.7 Å². The molecule has 144 valence electrons. The van der Waals surface area contributed by atoms with Crippen molar-refractivity contribution in [3.05, 3.63) is 81.5 Å². The molecule has 0 saturated carbocycles. The summed E-state index contributed by atoms with van der Waals surface area (Å²) in [7, 11) is 0. The van der Waals surface area contributed by atoms with Crippen LogP contribution in [0.15, 0.2) is 60.0 Å². The fourth-order valence-corrected chi connectivity index (χ4v) is 3.29. The lowest BCUT2D eigenvalue weighted by molar-refractivity contribution is 0.0953. The molecule has 6 heteroatoms. The first-order valence-corrected chi connectivity index (χ1v) is 9.90. The molecule has 0 radical (unpaired) electrons. The average Bonchev–Trinajstić information content (AvgIpc) is 3.24. The number of nitrogens with one attached hydrogen (secondary N) is 2. The van der Waals surface area contributed by atoms with Crippen LogP contribution in [0.2, 0.25) is 0 Å². The van der Waals surface area contributed by atoms with E-state index in [1.165, 1.54) is 11.3 Å². The summed E-state index contributed by atoms with van der Waals surface area (Å²) >= 11 is 1.40. The molecule has 1 aromatic heterocycles. The van der Waals surface area contributed by atoms with Crippen LogP contribution in [-0.4, -0.2) is 18.4 Å². The monoisotopic (exact) mass is 394 g/mol. The van der Waals surface area contributed by atoms with Crippen molar-refractivity contribution >= 4 is 28.8 Å². The number of hydrogen-bond acceptors (Lipinski definition) is 4. The van der Waals surface area contributed by atoms with Gasteiger partial charge in [0.25, 0.3) is 11.8 Å². The number of hydrogen-bond donors (Lipinski definition) is 2. The van der Waals surface area contributed by atoms with Gasteiger partial charge in [0, 0.05) is 12.1 Å². The van der Waals surface area contributed by atoms with Crippen LogP contribution in [0.3, 0.4) is 0 Å². The van der Waals surface area contributed by atoms with Gasteiger partial charge in [-0.2, -0.15) is 0 Å². The Hall–Kier alpha value is -3.12. The summed E-state index contributed by atoms with van der Waals surface area (Å²) in [5, 5.41) is 7.63. The molecule has 2 N–H and O–H groups in total. The normalized spacial score (nSPS) is 10.4. The molecule has 0 bridgehead atoms. The smallest absolute Gasteiger partial charge is 0.261 e. The van der Waals surface area contributed by atoms with Crippen molar-refractivity contribution in [1.82, 2.24) is 5.32 Å². The molecule has 28 heavy (non-hydrogen) atoms. The summed E-state index contributed by atoms with van der Waals surface area (Å²) in [6.45, 7) is 4.82. The molecule has 0 saturated heterocycles. The van der Waals surface area contributed by atoms with Crippen molar-refractivity contribution in [2.45, 2.75) is 20.4 Å². The lowest BCUT2D eigenvalue weighted by Crippen LogP contribution is -2.21. The highest BCUT2D eigenvalue weighted by atomic mass is 32.1. The summed E-state index contributed by atoms with van der Waals surface area (Å²) in [5.74, 6) is 0.349. The maximum absolute atomic E-state index is 12.6. The molecule has 2 amide bonds. The Morgan fingerprint density at radius 3 is 2.50 bits per heavy atom. The predicted octanol–water partition coefficient (Wildman–Crippen LogP) is 4.64. The molecule has 0 unspecified atom stereocenters. The third kappa shape index (κ3) is 4.98. The maximum atomic E-state index is 12.6. The minimum atomic E-state index is -0.209. The van der Waals surface area contributed by atoms with E-state index in [4.69, 9.17) is 4.74 Å². The van der Waals surface area contributed by atoms with Crippen molar-refractivity contribution in [2.24, 2.45) is 0 Å². The number of thiophene rings is 1. The maximum Gasteiger partial charge on any atom is 0.261 e. The van der Waals surface area contributed by atoms with E-state index in [0.717, 1.165) is 11.1 Å². The third-order valence-electron chi connectivity index (χ3n) is 4.10. The second-order valence-electron chi connectivity index (χ2n) is 6.24. The molecule has 5 nitrogen and oxygen atoms in total. The van der Waals surface area contributed by atoms with Crippen molar-refractivity contribution < 1.29 is 14.3 Å². The van der Waals surface area contributed by atoms with E-state index in [9.17, 15) is 9.59 Å². The molecular formula is C22H22N2O3S. The van der Waals surface area contributed by atoms with Crippen LogP contribution >= 0.6 is 11.3 Å². The first kappa shape index (κ1) is 19.6. The van der Waals surface area contributed by atoms with E-state index in [0.29, 0.717) is 35.0 Å². The van der Waals surface area contributed by atoms with Gasteiger partial charge < -0.3 is 15.4 Å². The largest absolute Gasteiger partial charge is 0.492 e. The lowest BCUT2D eigenvalue weighted by Gasteiger charge is -2.12. The standard InChI is InChI=1S/C22H22N2O3S/c1-3-27-19-13-15(2)6-11-18(19)24-21(25)17-9-7-16(8-10-17)14-23-22(26)20-5-4-12-28-20/h4-13H,3,14H2,1-2H3,(H,23,26)(H,24,25). The Balaban J connectivity index is 1.61. The fourth-order valence-electron chi connectivity index (χ4n) is 2.65. The summed E-state index contributed by atoms with van der Waals surface area (Å²) < 4.78 is 5.60. The summed E-state index contributed by atoms with van der Waals surface area (Å²) in [6.07, 6.45) is 0. The molecule has 1 heterocycles. The second kappa shape index (κ2) is 9.19. The van der Waals surface area contributed by atoms with Gasteiger partial charge >= 0.3 is 0 Å². The van der Waals surface area contributed by atoms with Crippen LogP contribution < -0.4 is 15.4 Å². The molecule has 0 fully saturated rings. The highest BCUT2D eigenvalue weighted by Gasteiger charge is 2.11. The first-order chi connectivity index (χ1) is 13.6. The van der Waals surface area contributed by atoms with Gasteiger partial charge in [-0.25, -0.2) is 0 Å². The van der Waals surface area contributed by atoms with Gasteiger partial charge in [-0.3, -0.25) is 9.59 Å². The minimum Gasteiger partial charge on any atom is -0.492 e. The van der Waals surface area contributed by atoms with Crippen LogP contribution in [0.1, 0.15) is 38.1 Å². The van der Waals surface area contributed by atoms with Crippen molar-refractivity contribution in [2.75, 3.05) is 11.9 Å². The molecule has 0 aliphatic carbocycles. The Morgan fingerprint density at radius 1 is 1.04 bits per heavy atom. The van der Waals surface area contributed by atoms with E-state index in [1.54, 1.807) is 18.2 Å². The zero-order valence-electron chi connectivity index (χ0n) is 15.8. The van der Waals surface area contributed by atoms with E-state index in [-0.39, 0.29) is 11.8 Å². The summed E-state index contributed by atoms with van der Waals surface area (Å²) in [6, 6.07) is 16.5. The molecule has 3 aromatic rings. The second-order valence-corrected chi connectivity index (χ2v) is 7.19. The van der Waals surface area contributed by atoms with Gasteiger partial charge in [0.15, 0.2) is 0 Å². The molecule has 2 aromatic carbocycles. The average molecular weight is 394 g/mol. The highest BCUT2D eigenvalue weighted by molar-refractivity contribution is 7.12. The SMILES string of the molecule is CCOc1cc(C)ccc1NC(=O)c1ccc(CNC(=O)c2cccs2)cc1. The van der Waals surface area contributed by atoms with Gasteiger partial charge in [-0.15, -0.1) is 11.3 Å². The van der Waals surface area contributed by atoms with Gasteiger partial charge in [-0.1, -0.05) is 24.3 Å². The van der Waals surface area contributed by atoms with E-state index in [2.05, 4.69) is 10.6 Å². The van der Waals surface area contributed by atoms with Gasteiger partial charge in [0.2, 0.25) is 0 Å². The highest BCUT2D eigenvalue weighted by Crippen LogP contribution is 2.26. The molecule has 0 aliphatic rings. The lowest BCUT2D eigenvalue weighted by atomic mass is 10.1. The molecular weight excluding hydrogens is 372 g/mol. The summed E-state index contributed by atoms with van der Waals surface area (Å²) in [5.41, 5.74) is 3.17. The molecule has 0 aliphatic heterocycles. The summed E-state index contributed by atoms with van der Waals surface area (Å²) in [4.78, 5) is 25.2. The van der Waals surface area contributed by atoms with Gasteiger partial charge in [0.1, 0.15) is 5.75 Å². The molecule has 0 spiro atoms. The number of rotatable bonds is 7. The first-order valence-electron chi connectivity index (χ1n) is 9.02. The minimum absolute atomic E-state index is 0.0976. The Labute approximate surface area is 168 Å². The molecule has 3 rings (SSSR count). The van der Waals surface area contributed by atoms with Crippen molar-refractivity contribution in [3.63, 3.8) is 0 Å². The van der Waals surface area contributed by atoms with Crippen molar-refractivity contribution in [3.8, 4) is 5.75 Å². The number of anilines is 1. The number of benzene rings is 2. The number of aryl methyl sites for hydroxylation is 1.